The third-order valence-corrected chi connectivity index (χ3v) is 8.37. The molecule has 0 heterocycles. The Morgan fingerprint density at radius 3 is 2.19 bits per heavy atom. The van der Waals surface area contributed by atoms with E-state index in [2.05, 4.69) is 40.8 Å². The fourth-order valence-electron chi connectivity index (χ4n) is 1.52. The van der Waals surface area contributed by atoms with Gasteiger partial charge in [-0.15, -0.1) is 0 Å². The van der Waals surface area contributed by atoms with Crippen LogP contribution < -0.4 is 0 Å². The van der Waals surface area contributed by atoms with Gasteiger partial charge in [0.15, 0.2) is 0 Å². The molecule has 0 aromatic carbocycles. The number of ether oxygens (including phenoxy) is 1. The highest BCUT2D eigenvalue weighted by atomic mass is 28.4. The molecule has 0 saturated carbocycles. The summed E-state index contributed by atoms with van der Waals surface area (Å²) in [6, 6.07) is 0. The van der Waals surface area contributed by atoms with E-state index < -0.39 is 8.32 Å². The smallest absolute Gasteiger partial charge is 0.311 e. The second kappa shape index (κ2) is 8.91. The number of carbonyl (C=O) groups is 1. The van der Waals surface area contributed by atoms with E-state index in [1.807, 2.05) is 13.8 Å². The molecule has 5 heteroatoms. The fraction of sp³-hybridized carbons (Fsp3) is 0.938. The van der Waals surface area contributed by atoms with Gasteiger partial charge >= 0.3 is 5.97 Å². The summed E-state index contributed by atoms with van der Waals surface area (Å²) < 4.78 is 10.9. The Kier molecular flexibility index (Phi) is 8.74. The Balaban J connectivity index is 4.74. The molecule has 0 N–H and O–H groups in total. The van der Waals surface area contributed by atoms with Crippen molar-refractivity contribution in [3.63, 3.8) is 0 Å². The number of hydrogen-bond donors (Lipinski definition) is 0. The standard InChI is InChI=1S/C16H34O4Si/c1-9-11-12-14(13(3)15(17)18-10-2)19-20-21(7,8)16(4,5)6/h13-14H,9-12H2,1-8H3/t13-,14+/m0/s1. The third-order valence-electron chi connectivity index (χ3n) is 4.24. The zero-order chi connectivity index (χ0) is 16.7. The van der Waals surface area contributed by atoms with E-state index in [-0.39, 0.29) is 23.0 Å². The van der Waals surface area contributed by atoms with Gasteiger partial charge in [-0.3, -0.25) is 9.37 Å². The average molecular weight is 319 g/mol. The summed E-state index contributed by atoms with van der Waals surface area (Å²) in [6.45, 7) is 17.0. The maximum atomic E-state index is 11.9. The summed E-state index contributed by atoms with van der Waals surface area (Å²) in [5.41, 5.74) is 0. The van der Waals surface area contributed by atoms with Crippen molar-refractivity contribution in [2.45, 2.75) is 85.0 Å². The Labute approximate surface area is 131 Å². The van der Waals surface area contributed by atoms with Crippen molar-refractivity contribution in [2.24, 2.45) is 5.92 Å². The second-order valence-electron chi connectivity index (χ2n) is 7.16. The Bertz CT molecular complexity index is 310. The number of hydrogen-bond acceptors (Lipinski definition) is 4. The minimum atomic E-state index is -1.98. The molecule has 0 fully saturated rings. The van der Waals surface area contributed by atoms with Gasteiger partial charge < -0.3 is 4.74 Å². The maximum Gasteiger partial charge on any atom is 0.311 e. The number of unbranched alkanes of at least 4 members (excludes halogenated alkanes) is 1. The van der Waals surface area contributed by atoms with Gasteiger partial charge in [0, 0.05) is 0 Å². The molecule has 0 spiro atoms. The zero-order valence-corrected chi connectivity index (χ0v) is 16.1. The van der Waals surface area contributed by atoms with Crippen LogP contribution in [0.4, 0.5) is 0 Å². The molecule has 0 radical (unpaired) electrons. The molecule has 0 unspecified atom stereocenters. The normalized spacial score (nSPS) is 15.6. The summed E-state index contributed by atoms with van der Waals surface area (Å²) in [6.07, 6.45) is 2.65. The van der Waals surface area contributed by atoms with E-state index in [0.717, 1.165) is 19.3 Å². The van der Waals surface area contributed by atoms with Gasteiger partial charge in [0.1, 0.15) is 6.10 Å². The predicted octanol–water partition coefficient (Wildman–Crippen LogP) is 4.70. The van der Waals surface area contributed by atoms with E-state index in [1.165, 1.54) is 0 Å². The molecule has 0 aromatic heterocycles. The summed E-state index contributed by atoms with van der Waals surface area (Å²) in [7, 11) is -1.98. The molecule has 0 saturated heterocycles. The first-order valence-electron chi connectivity index (χ1n) is 8.08. The second-order valence-corrected chi connectivity index (χ2v) is 11.8. The summed E-state index contributed by atoms with van der Waals surface area (Å²) >= 11 is 0. The molecular formula is C16H34O4Si. The van der Waals surface area contributed by atoms with Gasteiger partial charge in [-0.1, -0.05) is 40.5 Å². The van der Waals surface area contributed by atoms with Crippen molar-refractivity contribution in [2.75, 3.05) is 6.61 Å². The Morgan fingerprint density at radius 1 is 1.19 bits per heavy atom. The quantitative estimate of drug-likeness (QED) is 0.267. The average Bonchev–Trinajstić information content (AvgIpc) is 2.37. The van der Waals surface area contributed by atoms with Crippen molar-refractivity contribution in [1.82, 2.24) is 0 Å². The van der Waals surface area contributed by atoms with E-state index in [9.17, 15) is 4.79 Å². The Morgan fingerprint density at radius 2 is 1.76 bits per heavy atom. The van der Waals surface area contributed by atoms with Crippen LogP contribution in [0, 0.1) is 5.92 Å². The van der Waals surface area contributed by atoms with Crippen LogP contribution in [0.2, 0.25) is 18.1 Å². The van der Waals surface area contributed by atoms with Crippen molar-refractivity contribution >= 4 is 14.3 Å². The maximum absolute atomic E-state index is 11.9. The molecule has 4 nitrogen and oxygen atoms in total. The van der Waals surface area contributed by atoms with E-state index in [4.69, 9.17) is 14.2 Å². The van der Waals surface area contributed by atoms with Crippen LogP contribution in [0.3, 0.4) is 0 Å². The molecular weight excluding hydrogens is 284 g/mol. The highest BCUT2D eigenvalue weighted by Gasteiger charge is 2.40. The lowest BCUT2D eigenvalue weighted by molar-refractivity contribution is -0.271. The lowest BCUT2D eigenvalue weighted by Gasteiger charge is -2.36. The fourth-order valence-corrected chi connectivity index (χ4v) is 2.13. The van der Waals surface area contributed by atoms with Crippen LogP contribution in [0.5, 0.6) is 0 Å². The first-order chi connectivity index (χ1) is 9.56. The molecule has 126 valence electrons. The molecule has 0 amide bonds. The van der Waals surface area contributed by atoms with E-state index in [0.29, 0.717) is 6.61 Å². The van der Waals surface area contributed by atoms with Crippen molar-refractivity contribution in [1.29, 1.82) is 0 Å². The summed E-state index contributed by atoms with van der Waals surface area (Å²) in [5, 5.41) is 0.0788. The molecule has 0 aromatic rings. The first-order valence-corrected chi connectivity index (χ1v) is 11.0. The van der Waals surface area contributed by atoms with Crippen LogP contribution in [0.25, 0.3) is 0 Å². The van der Waals surface area contributed by atoms with E-state index >= 15 is 0 Å². The largest absolute Gasteiger partial charge is 0.466 e. The van der Waals surface area contributed by atoms with Crippen LogP contribution in [-0.2, 0) is 19.0 Å². The molecule has 2 atom stereocenters. The lowest BCUT2D eigenvalue weighted by atomic mass is 10.00. The van der Waals surface area contributed by atoms with Crippen molar-refractivity contribution < 1.29 is 19.0 Å². The third kappa shape index (κ3) is 6.93. The first kappa shape index (κ1) is 20.6. The monoisotopic (exact) mass is 318 g/mol. The lowest BCUT2D eigenvalue weighted by Crippen LogP contribution is -2.43. The highest BCUT2D eigenvalue weighted by molar-refractivity contribution is 6.73. The molecule has 21 heavy (non-hydrogen) atoms. The Hall–Kier alpha value is -0.393. The van der Waals surface area contributed by atoms with Crippen LogP contribution >= 0.6 is 0 Å². The van der Waals surface area contributed by atoms with Gasteiger partial charge in [-0.05, 0) is 38.4 Å². The molecule has 0 rings (SSSR count). The summed E-state index contributed by atoms with van der Waals surface area (Å²) in [5.74, 6) is -0.515. The predicted molar refractivity (Wildman–Crippen MR) is 88.5 cm³/mol. The van der Waals surface area contributed by atoms with Gasteiger partial charge in [-0.25, -0.2) is 4.89 Å². The minimum Gasteiger partial charge on any atom is -0.466 e. The van der Waals surface area contributed by atoms with Crippen molar-refractivity contribution in [3.05, 3.63) is 0 Å². The SMILES string of the molecule is CCCC[C@@H](OO[Si](C)(C)C(C)(C)C)[C@H](C)C(=O)OCC. The van der Waals surface area contributed by atoms with Crippen LogP contribution in [0.15, 0.2) is 0 Å². The molecule has 0 aliphatic rings. The molecule has 0 aliphatic carbocycles. The van der Waals surface area contributed by atoms with Gasteiger partial charge in [-0.2, -0.15) is 0 Å². The topological polar surface area (TPSA) is 44.8 Å². The van der Waals surface area contributed by atoms with Gasteiger partial charge in [0.25, 0.3) is 0 Å². The van der Waals surface area contributed by atoms with Gasteiger partial charge in [0.05, 0.1) is 12.5 Å². The highest BCUT2D eigenvalue weighted by Crippen LogP contribution is 2.37. The molecule has 0 aliphatic heterocycles. The van der Waals surface area contributed by atoms with Crippen LogP contribution in [-0.4, -0.2) is 27.0 Å². The minimum absolute atomic E-state index is 0.0788. The number of carbonyl (C=O) groups excluding carboxylic acids is 1. The molecule has 0 bridgehead atoms. The van der Waals surface area contributed by atoms with E-state index in [1.54, 1.807) is 0 Å². The van der Waals surface area contributed by atoms with Gasteiger partial charge in [0.2, 0.25) is 8.32 Å². The zero-order valence-electron chi connectivity index (χ0n) is 15.1. The van der Waals surface area contributed by atoms with Crippen molar-refractivity contribution in [3.8, 4) is 0 Å². The van der Waals surface area contributed by atoms with Crippen LogP contribution in [0.1, 0.15) is 60.8 Å². The number of rotatable bonds is 9. The number of esters is 1. The summed E-state index contributed by atoms with van der Waals surface area (Å²) in [4.78, 5) is 17.6.